The van der Waals surface area contributed by atoms with Gasteiger partial charge in [0.2, 0.25) is 0 Å². The maximum absolute atomic E-state index is 9.39. The van der Waals surface area contributed by atoms with Gasteiger partial charge in [0.25, 0.3) is 0 Å². The van der Waals surface area contributed by atoms with Crippen LogP contribution in [-0.2, 0) is 0 Å². The van der Waals surface area contributed by atoms with Gasteiger partial charge in [0.15, 0.2) is 5.82 Å². The van der Waals surface area contributed by atoms with Gasteiger partial charge >= 0.3 is 0 Å². The van der Waals surface area contributed by atoms with Crippen molar-refractivity contribution in [2.45, 2.75) is 0 Å². The lowest BCUT2D eigenvalue weighted by Crippen LogP contribution is -1.97. The molecule has 13 aromatic rings. The van der Waals surface area contributed by atoms with E-state index in [2.05, 4.69) is 176 Å². The molecule has 0 saturated carbocycles. The summed E-state index contributed by atoms with van der Waals surface area (Å²) < 4.78 is 0. The van der Waals surface area contributed by atoms with E-state index >= 15 is 0 Å². The highest BCUT2D eigenvalue weighted by Gasteiger charge is 2.19. The van der Waals surface area contributed by atoms with E-state index in [0.717, 1.165) is 50.0 Å². The molecule has 0 aliphatic rings. The zero-order valence-electron chi connectivity index (χ0n) is 34.5. The quantitative estimate of drug-likeness (QED) is 0.163. The molecule has 0 aliphatic heterocycles. The third-order valence-electron chi connectivity index (χ3n) is 13.2. The summed E-state index contributed by atoms with van der Waals surface area (Å²) in [4.78, 5) is 10.5. The zero-order valence-corrected chi connectivity index (χ0v) is 34.5. The van der Waals surface area contributed by atoms with Crippen LogP contribution in [0, 0.1) is 11.3 Å². The van der Waals surface area contributed by atoms with E-state index in [1.54, 1.807) is 0 Å². The SMILES string of the molecule is N#Cc1ccc(-c2cccc(-c3cc(-c4ccc(-c5cc6ccc7cccc8c9cccc%10ccc%11cccc(c(c5)c6c78)c%11c%109)c5ccccc45)nc(-c4ccccc4)n3)c2)cc1. The van der Waals surface area contributed by atoms with Crippen molar-refractivity contribution >= 4 is 75.4 Å². The smallest absolute Gasteiger partial charge is 0.160 e. The molecule has 64 heavy (non-hydrogen) atoms. The first-order valence-electron chi connectivity index (χ1n) is 21.7. The Kier molecular flexibility index (Phi) is 7.97. The summed E-state index contributed by atoms with van der Waals surface area (Å²) in [5, 5.41) is 26.9. The fourth-order valence-electron chi connectivity index (χ4n) is 10.3. The number of rotatable bonds is 5. The van der Waals surface area contributed by atoms with Crippen molar-refractivity contribution in [1.82, 2.24) is 9.97 Å². The Bertz CT molecular complexity index is 4060. The second kappa shape index (κ2) is 14.2. The third kappa shape index (κ3) is 5.60. The van der Waals surface area contributed by atoms with Gasteiger partial charge in [-0.1, -0.05) is 176 Å². The van der Waals surface area contributed by atoms with E-state index in [-0.39, 0.29) is 0 Å². The Morgan fingerprint density at radius 2 is 0.812 bits per heavy atom. The average Bonchev–Trinajstić information content (AvgIpc) is 3.37. The molecule has 3 nitrogen and oxygen atoms in total. The number of aromatic nitrogens is 2. The van der Waals surface area contributed by atoms with Crippen molar-refractivity contribution in [2.24, 2.45) is 0 Å². The lowest BCUT2D eigenvalue weighted by molar-refractivity contribution is 1.18. The summed E-state index contributed by atoms with van der Waals surface area (Å²) in [5.74, 6) is 0.669. The highest BCUT2D eigenvalue weighted by molar-refractivity contribution is 6.37. The monoisotopic (exact) mass is 809 g/mol. The van der Waals surface area contributed by atoms with Gasteiger partial charge in [-0.3, -0.25) is 0 Å². The molecular formula is C61H35N3. The normalized spacial score (nSPS) is 11.7. The van der Waals surface area contributed by atoms with Gasteiger partial charge in [-0.05, 0) is 134 Å². The van der Waals surface area contributed by atoms with Crippen LogP contribution in [0.5, 0.6) is 0 Å². The van der Waals surface area contributed by atoms with Crippen LogP contribution in [-0.4, -0.2) is 9.97 Å². The van der Waals surface area contributed by atoms with Crippen LogP contribution in [0.25, 0.3) is 132 Å². The molecule has 294 valence electrons. The number of hydrogen-bond donors (Lipinski definition) is 0. The largest absolute Gasteiger partial charge is 0.228 e. The zero-order chi connectivity index (χ0) is 42.3. The van der Waals surface area contributed by atoms with Gasteiger partial charge in [-0.2, -0.15) is 5.26 Å². The summed E-state index contributed by atoms with van der Waals surface area (Å²) >= 11 is 0. The first-order chi connectivity index (χ1) is 31.7. The van der Waals surface area contributed by atoms with Crippen molar-refractivity contribution in [3.8, 4) is 62.2 Å². The lowest BCUT2D eigenvalue weighted by Gasteiger charge is -2.18. The molecule has 0 radical (unpaired) electrons. The maximum Gasteiger partial charge on any atom is 0.160 e. The van der Waals surface area contributed by atoms with E-state index in [1.165, 1.54) is 75.8 Å². The number of nitrogens with zero attached hydrogens (tertiary/aromatic N) is 3. The molecule has 0 aliphatic carbocycles. The Morgan fingerprint density at radius 1 is 0.297 bits per heavy atom. The number of nitriles is 1. The van der Waals surface area contributed by atoms with E-state index in [1.807, 2.05) is 42.5 Å². The first kappa shape index (κ1) is 36.0. The molecule has 0 atom stereocenters. The minimum atomic E-state index is 0.640. The van der Waals surface area contributed by atoms with E-state index in [9.17, 15) is 5.26 Å². The predicted molar refractivity (Wildman–Crippen MR) is 268 cm³/mol. The molecule has 0 saturated heterocycles. The van der Waals surface area contributed by atoms with Gasteiger partial charge in [-0.15, -0.1) is 0 Å². The fraction of sp³-hybridized carbons (Fsp3) is 0. The predicted octanol–water partition coefficient (Wildman–Crippen LogP) is 16.2. The van der Waals surface area contributed by atoms with Crippen LogP contribution in [0.15, 0.2) is 212 Å². The van der Waals surface area contributed by atoms with Crippen LogP contribution in [0.3, 0.4) is 0 Å². The number of benzene rings is 11. The summed E-state index contributed by atoms with van der Waals surface area (Å²) in [6.07, 6.45) is 0. The Balaban J connectivity index is 1.04. The van der Waals surface area contributed by atoms with E-state index in [4.69, 9.17) is 9.97 Å². The Labute approximate surface area is 369 Å². The Hall–Kier alpha value is -8.71. The van der Waals surface area contributed by atoms with Gasteiger partial charge in [0, 0.05) is 16.7 Å². The second-order valence-corrected chi connectivity index (χ2v) is 16.8. The lowest BCUT2D eigenvalue weighted by atomic mass is 9.86. The van der Waals surface area contributed by atoms with Gasteiger partial charge < -0.3 is 0 Å². The molecule has 1 heterocycles. The van der Waals surface area contributed by atoms with Crippen LogP contribution >= 0.6 is 0 Å². The maximum atomic E-state index is 9.39. The summed E-state index contributed by atoms with van der Waals surface area (Å²) in [6.45, 7) is 0. The Morgan fingerprint density at radius 3 is 1.48 bits per heavy atom. The molecule has 0 amide bonds. The standard InChI is InChI=1S/C61H35N3/c62-36-37-22-24-38(25-23-37)43-15-6-16-44(32-43)55-35-56(64-61(63-55)42-10-2-1-3-11-42)50-31-30-47(48-17-4-5-18-49(48)50)46-33-45-29-28-41-13-8-20-52-51-19-7-12-39-26-27-40-14-9-21-53(59(40)57(39)51)54(34-46)60(45)58(41)52/h1-35H. The van der Waals surface area contributed by atoms with Crippen LogP contribution < -0.4 is 0 Å². The van der Waals surface area contributed by atoms with E-state index < -0.39 is 0 Å². The van der Waals surface area contributed by atoms with Crippen LogP contribution in [0.2, 0.25) is 0 Å². The summed E-state index contributed by atoms with van der Waals surface area (Å²) in [7, 11) is 0. The molecular weight excluding hydrogens is 775 g/mol. The minimum Gasteiger partial charge on any atom is -0.228 e. The molecule has 12 aromatic carbocycles. The molecule has 0 spiro atoms. The first-order valence-corrected chi connectivity index (χ1v) is 21.7. The van der Waals surface area contributed by atoms with Gasteiger partial charge in [0.05, 0.1) is 23.0 Å². The van der Waals surface area contributed by atoms with E-state index in [0.29, 0.717) is 11.4 Å². The molecule has 0 fully saturated rings. The number of hydrogen-bond acceptors (Lipinski definition) is 3. The highest BCUT2D eigenvalue weighted by Crippen LogP contribution is 2.46. The topological polar surface area (TPSA) is 49.6 Å². The van der Waals surface area contributed by atoms with Crippen LogP contribution in [0.4, 0.5) is 0 Å². The number of fused-ring (bicyclic) bond motifs is 3. The highest BCUT2D eigenvalue weighted by atomic mass is 14.9. The van der Waals surface area contributed by atoms with Crippen LogP contribution in [0.1, 0.15) is 5.56 Å². The molecule has 13 rings (SSSR count). The van der Waals surface area contributed by atoms with Crippen molar-refractivity contribution in [3.63, 3.8) is 0 Å². The summed E-state index contributed by atoms with van der Waals surface area (Å²) in [6, 6.07) is 78.3. The average molecular weight is 810 g/mol. The second-order valence-electron chi connectivity index (χ2n) is 16.8. The molecule has 0 unspecified atom stereocenters. The summed E-state index contributed by atoms with van der Waals surface area (Å²) in [5.41, 5.74) is 9.77. The van der Waals surface area contributed by atoms with Gasteiger partial charge in [-0.25, -0.2) is 9.97 Å². The van der Waals surface area contributed by atoms with Gasteiger partial charge in [0.1, 0.15) is 0 Å². The minimum absolute atomic E-state index is 0.640. The van der Waals surface area contributed by atoms with Crippen molar-refractivity contribution in [3.05, 3.63) is 218 Å². The van der Waals surface area contributed by atoms with Crippen molar-refractivity contribution in [1.29, 1.82) is 5.26 Å². The molecule has 0 bridgehead atoms. The fourth-order valence-corrected chi connectivity index (χ4v) is 10.3. The third-order valence-corrected chi connectivity index (χ3v) is 13.2. The molecule has 0 N–H and O–H groups in total. The molecule has 3 heteroatoms. The molecule has 1 aromatic heterocycles. The van der Waals surface area contributed by atoms with Crippen molar-refractivity contribution in [2.75, 3.05) is 0 Å². The van der Waals surface area contributed by atoms with Crippen molar-refractivity contribution < 1.29 is 0 Å².